The minimum absolute atomic E-state index is 0.0860. The van der Waals surface area contributed by atoms with Crippen molar-refractivity contribution in [2.75, 3.05) is 17.8 Å². The van der Waals surface area contributed by atoms with Crippen molar-refractivity contribution >= 4 is 28.4 Å². The minimum atomic E-state index is -0.323. The van der Waals surface area contributed by atoms with Crippen molar-refractivity contribution in [3.05, 3.63) is 35.2 Å². The van der Waals surface area contributed by atoms with Crippen molar-refractivity contribution in [1.29, 1.82) is 0 Å². The van der Waals surface area contributed by atoms with Crippen LogP contribution in [-0.4, -0.2) is 22.8 Å². The van der Waals surface area contributed by atoms with E-state index in [4.69, 9.17) is 19.7 Å². The first kappa shape index (κ1) is 16.2. The van der Waals surface area contributed by atoms with Crippen LogP contribution < -0.4 is 20.5 Å². The summed E-state index contributed by atoms with van der Waals surface area (Å²) in [5.74, 6) is 0.862. The number of fused-ring (bicyclic) bond motifs is 2. The van der Waals surface area contributed by atoms with Gasteiger partial charge in [0.25, 0.3) is 11.6 Å². The second-order valence-corrected chi connectivity index (χ2v) is 6.46. The predicted molar refractivity (Wildman–Crippen MR) is 95.6 cm³/mol. The Morgan fingerprint density at radius 1 is 1.23 bits per heavy atom. The van der Waals surface area contributed by atoms with Crippen LogP contribution in [0.1, 0.15) is 41.5 Å². The average Bonchev–Trinajstić information content (AvgIpc) is 3.20. The number of nitrogens with one attached hydrogen (secondary N) is 1. The van der Waals surface area contributed by atoms with Crippen molar-refractivity contribution in [2.45, 2.75) is 26.7 Å². The second kappa shape index (κ2) is 5.91. The van der Waals surface area contributed by atoms with Crippen LogP contribution in [0.3, 0.4) is 0 Å². The van der Waals surface area contributed by atoms with Crippen LogP contribution in [0, 0.1) is 6.92 Å². The molecule has 134 valence electrons. The first-order valence-corrected chi connectivity index (χ1v) is 8.21. The zero-order valence-corrected chi connectivity index (χ0v) is 14.6. The number of amides is 1. The van der Waals surface area contributed by atoms with Gasteiger partial charge in [-0.3, -0.25) is 4.79 Å². The molecule has 1 aliphatic rings. The number of nitrogens with zero attached hydrogens (tertiary/aromatic N) is 2. The minimum Gasteiger partial charge on any atom is -0.454 e. The molecule has 1 aliphatic heterocycles. The Balaban J connectivity index is 1.76. The number of carbonyl (C=O) groups is 1. The fourth-order valence-electron chi connectivity index (χ4n) is 2.93. The van der Waals surface area contributed by atoms with Gasteiger partial charge in [-0.15, -0.1) is 0 Å². The van der Waals surface area contributed by atoms with Crippen LogP contribution in [0.25, 0.3) is 11.1 Å². The molecule has 4 rings (SSSR count). The van der Waals surface area contributed by atoms with Gasteiger partial charge in [0.15, 0.2) is 11.5 Å². The molecule has 0 fully saturated rings. The lowest BCUT2D eigenvalue weighted by atomic mass is 10.0. The lowest BCUT2D eigenvalue weighted by Crippen LogP contribution is -2.14. The summed E-state index contributed by atoms with van der Waals surface area (Å²) in [5, 5.41) is 7.52. The van der Waals surface area contributed by atoms with Crippen LogP contribution in [-0.2, 0) is 0 Å². The van der Waals surface area contributed by atoms with E-state index in [0.29, 0.717) is 50.9 Å². The summed E-state index contributed by atoms with van der Waals surface area (Å²) in [6, 6.07) is 4.99. The van der Waals surface area contributed by atoms with Gasteiger partial charge in [0.2, 0.25) is 6.79 Å². The second-order valence-electron chi connectivity index (χ2n) is 6.46. The molecule has 2 aromatic heterocycles. The first-order valence-electron chi connectivity index (χ1n) is 8.21. The molecule has 0 unspecified atom stereocenters. The van der Waals surface area contributed by atoms with E-state index in [1.54, 1.807) is 25.1 Å². The molecule has 0 spiro atoms. The molecule has 1 aromatic carbocycles. The highest BCUT2D eigenvalue weighted by atomic mass is 16.7. The molecule has 3 heterocycles. The molecule has 3 aromatic rings. The van der Waals surface area contributed by atoms with Crippen molar-refractivity contribution < 1.29 is 18.8 Å². The summed E-state index contributed by atoms with van der Waals surface area (Å²) in [4.78, 5) is 17.3. The van der Waals surface area contributed by atoms with E-state index in [2.05, 4.69) is 15.5 Å². The number of nitrogens with two attached hydrogens (primary N) is 1. The van der Waals surface area contributed by atoms with E-state index >= 15 is 0 Å². The third kappa shape index (κ3) is 2.59. The van der Waals surface area contributed by atoms with Gasteiger partial charge in [-0.1, -0.05) is 19.0 Å². The Morgan fingerprint density at radius 3 is 2.69 bits per heavy atom. The summed E-state index contributed by atoms with van der Waals surface area (Å²) in [6.45, 7) is 5.89. The Kier molecular flexibility index (Phi) is 3.68. The zero-order valence-electron chi connectivity index (χ0n) is 14.6. The normalized spacial score (nSPS) is 12.8. The third-order valence-electron chi connectivity index (χ3n) is 4.19. The Bertz CT molecular complexity index is 1030. The molecule has 0 atom stereocenters. The molecule has 26 heavy (non-hydrogen) atoms. The smallest absolute Gasteiger partial charge is 0.259 e. The number of aryl methyl sites for hydroxylation is 1. The van der Waals surface area contributed by atoms with E-state index in [0.717, 1.165) is 0 Å². The standard InChI is InChI=1S/C18H18N4O4/c1-8(2)16-15-10(4-9(3)20-18(15)26-22-16)17(23)21-12-6-14-13(5-11(12)19)24-7-25-14/h4-6,8H,7,19H2,1-3H3,(H,21,23). The summed E-state index contributed by atoms with van der Waals surface area (Å²) < 4.78 is 15.9. The van der Waals surface area contributed by atoms with Gasteiger partial charge in [-0.05, 0) is 18.9 Å². The maximum absolute atomic E-state index is 13.0. The highest BCUT2D eigenvalue weighted by Crippen LogP contribution is 2.38. The van der Waals surface area contributed by atoms with E-state index < -0.39 is 0 Å². The maximum atomic E-state index is 13.0. The first-order chi connectivity index (χ1) is 12.4. The molecule has 0 aliphatic carbocycles. The molecule has 3 N–H and O–H groups in total. The van der Waals surface area contributed by atoms with E-state index in [9.17, 15) is 4.79 Å². The van der Waals surface area contributed by atoms with Crippen LogP contribution in [0.2, 0.25) is 0 Å². The third-order valence-corrected chi connectivity index (χ3v) is 4.19. The molecule has 8 nitrogen and oxygen atoms in total. The fourth-order valence-corrected chi connectivity index (χ4v) is 2.93. The quantitative estimate of drug-likeness (QED) is 0.694. The van der Waals surface area contributed by atoms with E-state index in [1.807, 2.05) is 13.8 Å². The van der Waals surface area contributed by atoms with Crippen molar-refractivity contribution in [3.63, 3.8) is 0 Å². The molecule has 8 heteroatoms. The fraction of sp³-hybridized carbons (Fsp3) is 0.278. The summed E-state index contributed by atoms with van der Waals surface area (Å²) in [5.41, 5.74) is 9.00. The van der Waals surface area contributed by atoms with Gasteiger partial charge >= 0.3 is 0 Å². The number of aromatic nitrogens is 2. The largest absolute Gasteiger partial charge is 0.454 e. The Morgan fingerprint density at radius 2 is 1.96 bits per heavy atom. The van der Waals surface area contributed by atoms with Gasteiger partial charge in [0.1, 0.15) is 0 Å². The SMILES string of the molecule is Cc1cc(C(=O)Nc2cc3c(cc2N)OCO3)c2c(C(C)C)noc2n1. The van der Waals surface area contributed by atoms with Crippen LogP contribution >= 0.6 is 0 Å². The van der Waals surface area contributed by atoms with E-state index in [1.165, 1.54) is 0 Å². The summed E-state index contributed by atoms with van der Waals surface area (Å²) in [7, 11) is 0. The van der Waals surface area contributed by atoms with Crippen LogP contribution in [0.4, 0.5) is 11.4 Å². The molecular weight excluding hydrogens is 336 g/mol. The monoisotopic (exact) mass is 354 g/mol. The van der Waals surface area contributed by atoms with E-state index in [-0.39, 0.29) is 18.6 Å². The van der Waals surface area contributed by atoms with Crippen molar-refractivity contribution in [3.8, 4) is 11.5 Å². The number of pyridine rings is 1. The number of anilines is 2. The highest BCUT2D eigenvalue weighted by Gasteiger charge is 2.23. The molecular formula is C18H18N4O4. The number of rotatable bonds is 3. The zero-order chi connectivity index (χ0) is 18.4. The van der Waals surface area contributed by atoms with Crippen molar-refractivity contribution in [2.24, 2.45) is 0 Å². The number of benzene rings is 1. The van der Waals surface area contributed by atoms with Gasteiger partial charge in [0.05, 0.1) is 28.0 Å². The highest BCUT2D eigenvalue weighted by molar-refractivity contribution is 6.13. The number of hydrogen-bond acceptors (Lipinski definition) is 7. The molecule has 0 saturated heterocycles. The summed E-state index contributed by atoms with van der Waals surface area (Å²) >= 11 is 0. The Labute approximate surface area is 149 Å². The van der Waals surface area contributed by atoms with Crippen LogP contribution in [0.5, 0.6) is 11.5 Å². The molecule has 0 saturated carbocycles. The molecule has 0 bridgehead atoms. The summed E-state index contributed by atoms with van der Waals surface area (Å²) in [6.07, 6.45) is 0. The lowest BCUT2D eigenvalue weighted by Gasteiger charge is -2.11. The van der Waals surface area contributed by atoms with Gasteiger partial charge in [0, 0.05) is 17.8 Å². The maximum Gasteiger partial charge on any atom is 0.259 e. The number of nitrogen functional groups attached to an aromatic ring is 1. The van der Waals surface area contributed by atoms with Gasteiger partial charge in [-0.25, -0.2) is 4.98 Å². The number of hydrogen-bond donors (Lipinski definition) is 2. The molecule has 0 radical (unpaired) electrons. The van der Waals surface area contributed by atoms with Gasteiger partial charge < -0.3 is 25.0 Å². The average molecular weight is 354 g/mol. The Hall–Kier alpha value is -3.29. The van der Waals surface area contributed by atoms with Crippen LogP contribution in [0.15, 0.2) is 22.7 Å². The van der Waals surface area contributed by atoms with Gasteiger partial charge in [-0.2, -0.15) is 0 Å². The predicted octanol–water partition coefficient (Wildman–Crippen LogP) is 3.22. The number of carbonyl (C=O) groups excluding carboxylic acids is 1. The topological polar surface area (TPSA) is 113 Å². The number of ether oxygens (including phenoxy) is 2. The van der Waals surface area contributed by atoms with Crippen molar-refractivity contribution in [1.82, 2.24) is 10.1 Å². The molecule has 1 amide bonds. The lowest BCUT2D eigenvalue weighted by molar-refractivity contribution is 0.102.